The molecule has 0 nitrogen and oxygen atoms in total. The Labute approximate surface area is 123 Å². The van der Waals surface area contributed by atoms with E-state index in [4.69, 9.17) is 0 Å². The Kier molecular flexibility index (Phi) is 3.10. The highest BCUT2D eigenvalue weighted by atomic mass is 79.9. The van der Waals surface area contributed by atoms with E-state index in [0.717, 1.165) is 10.9 Å². The van der Waals surface area contributed by atoms with Crippen LogP contribution in [0.25, 0.3) is 17.2 Å². The molecule has 2 aromatic rings. The summed E-state index contributed by atoms with van der Waals surface area (Å²) in [6, 6.07) is 15.2. The Morgan fingerprint density at radius 3 is 2.63 bits per heavy atom. The summed E-state index contributed by atoms with van der Waals surface area (Å²) in [6.07, 6.45) is 5.65. The normalized spacial score (nSPS) is 16.2. The van der Waals surface area contributed by atoms with Crippen molar-refractivity contribution in [3.05, 3.63) is 64.1 Å². The first-order valence-corrected chi connectivity index (χ1v) is 7.43. The summed E-state index contributed by atoms with van der Waals surface area (Å²) in [5.74, 6) is 0. The SMILES string of the molecule is CC1(C)CC=Cc2cc(-c3ccccc3Br)ccc21. The van der Waals surface area contributed by atoms with E-state index in [1.807, 2.05) is 0 Å². The van der Waals surface area contributed by atoms with E-state index in [-0.39, 0.29) is 5.41 Å². The third-order valence-electron chi connectivity index (χ3n) is 3.89. The molecular formula is C18H17Br. The zero-order chi connectivity index (χ0) is 13.5. The molecule has 0 N–H and O–H groups in total. The summed E-state index contributed by atoms with van der Waals surface area (Å²) in [7, 11) is 0. The van der Waals surface area contributed by atoms with Crippen molar-refractivity contribution >= 4 is 22.0 Å². The minimum atomic E-state index is 0.247. The van der Waals surface area contributed by atoms with E-state index in [2.05, 4.69) is 84.4 Å². The zero-order valence-corrected chi connectivity index (χ0v) is 12.9. The predicted octanol–water partition coefficient (Wildman–Crippen LogP) is 5.81. The van der Waals surface area contributed by atoms with Crippen LogP contribution in [0.1, 0.15) is 31.4 Å². The van der Waals surface area contributed by atoms with Gasteiger partial charge >= 0.3 is 0 Å². The van der Waals surface area contributed by atoms with Gasteiger partial charge in [0.05, 0.1) is 0 Å². The number of rotatable bonds is 1. The number of hydrogen-bond acceptors (Lipinski definition) is 0. The first-order valence-electron chi connectivity index (χ1n) is 6.64. The van der Waals surface area contributed by atoms with Gasteiger partial charge in [0.25, 0.3) is 0 Å². The summed E-state index contributed by atoms with van der Waals surface area (Å²) in [5.41, 5.74) is 5.57. The van der Waals surface area contributed by atoms with Crippen molar-refractivity contribution in [1.29, 1.82) is 0 Å². The minimum absolute atomic E-state index is 0.247. The van der Waals surface area contributed by atoms with Crippen LogP contribution in [-0.4, -0.2) is 0 Å². The van der Waals surface area contributed by atoms with Gasteiger partial charge in [-0.15, -0.1) is 0 Å². The summed E-state index contributed by atoms with van der Waals surface area (Å²) < 4.78 is 1.15. The second kappa shape index (κ2) is 4.64. The van der Waals surface area contributed by atoms with Crippen molar-refractivity contribution in [1.82, 2.24) is 0 Å². The van der Waals surface area contributed by atoms with Crippen LogP contribution >= 0.6 is 15.9 Å². The summed E-state index contributed by atoms with van der Waals surface area (Å²) in [5, 5.41) is 0. The smallest absolute Gasteiger partial charge is 0.0253 e. The van der Waals surface area contributed by atoms with Crippen molar-refractivity contribution in [3.63, 3.8) is 0 Å². The van der Waals surface area contributed by atoms with Crippen molar-refractivity contribution in [3.8, 4) is 11.1 Å². The number of fused-ring (bicyclic) bond motifs is 1. The highest BCUT2D eigenvalue weighted by Crippen LogP contribution is 2.38. The highest BCUT2D eigenvalue weighted by molar-refractivity contribution is 9.10. The molecule has 1 heteroatoms. The minimum Gasteiger partial charge on any atom is -0.0831 e. The number of halogens is 1. The first-order chi connectivity index (χ1) is 9.08. The number of hydrogen-bond donors (Lipinski definition) is 0. The van der Waals surface area contributed by atoms with Crippen LogP contribution in [0, 0.1) is 0 Å². The molecular weight excluding hydrogens is 296 g/mol. The quantitative estimate of drug-likeness (QED) is 0.623. The number of benzene rings is 2. The standard InChI is InChI=1S/C18H17Br/c1-18(2)11-5-6-14-12-13(9-10-16(14)18)15-7-3-4-8-17(15)19/h3-10,12H,11H2,1-2H3. The maximum atomic E-state index is 3.63. The van der Waals surface area contributed by atoms with Crippen molar-refractivity contribution < 1.29 is 0 Å². The Morgan fingerprint density at radius 2 is 1.84 bits per heavy atom. The molecule has 0 saturated heterocycles. The van der Waals surface area contributed by atoms with Crippen molar-refractivity contribution in [2.45, 2.75) is 25.7 Å². The van der Waals surface area contributed by atoms with E-state index in [9.17, 15) is 0 Å². The van der Waals surface area contributed by atoms with Gasteiger partial charge in [-0.05, 0) is 46.2 Å². The largest absolute Gasteiger partial charge is 0.0831 e. The molecule has 19 heavy (non-hydrogen) atoms. The maximum Gasteiger partial charge on any atom is 0.0253 e. The first kappa shape index (κ1) is 12.7. The van der Waals surface area contributed by atoms with Crippen LogP contribution in [0.2, 0.25) is 0 Å². The Morgan fingerprint density at radius 1 is 1.05 bits per heavy atom. The summed E-state index contributed by atoms with van der Waals surface area (Å²) in [6.45, 7) is 4.63. The fraction of sp³-hybridized carbons (Fsp3) is 0.222. The van der Waals surface area contributed by atoms with Gasteiger partial charge in [-0.2, -0.15) is 0 Å². The molecule has 0 aromatic heterocycles. The summed E-state index contributed by atoms with van der Waals surface area (Å²) in [4.78, 5) is 0. The lowest BCUT2D eigenvalue weighted by atomic mass is 9.75. The zero-order valence-electron chi connectivity index (χ0n) is 11.3. The van der Waals surface area contributed by atoms with Crippen molar-refractivity contribution in [2.75, 3.05) is 0 Å². The Bertz CT molecular complexity index is 650. The van der Waals surface area contributed by atoms with E-state index < -0.39 is 0 Å². The second-order valence-corrected chi connectivity index (χ2v) is 6.63. The van der Waals surface area contributed by atoms with Crippen LogP contribution in [0.5, 0.6) is 0 Å². The average molecular weight is 313 g/mol. The Hall–Kier alpha value is -1.34. The molecule has 1 aliphatic rings. The van der Waals surface area contributed by atoms with Crippen LogP contribution < -0.4 is 0 Å². The molecule has 0 radical (unpaired) electrons. The molecule has 0 atom stereocenters. The lowest BCUT2D eigenvalue weighted by molar-refractivity contribution is 0.529. The lowest BCUT2D eigenvalue weighted by Gasteiger charge is -2.29. The molecule has 2 aromatic carbocycles. The topological polar surface area (TPSA) is 0 Å². The van der Waals surface area contributed by atoms with Gasteiger partial charge < -0.3 is 0 Å². The van der Waals surface area contributed by atoms with E-state index in [1.165, 1.54) is 22.3 Å². The molecule has 0 amide bonds. The summed E-state index contributed by atoms with van der Waals surface area (Å²) >= 11 is 3.63. The van der Waals surface area contributed by atoms with E-state index >= 15 is 0 Å². The predicted molar refractivity (Wildman–Crippen MR) is 86.3 cm³/mol. The van der Waals surface area contributed by atoms with Crippen LogP contribution in [-0.2, 0) is 5.41 Å². The molecule has 96 valence electrons. The molecule has 0 fully saturated rings. The molecule has 0 heterocycles. The van der Waals surface area contributed by atoms with Gasteiger partial charge in [-0.25, -0.2) is 0 Å². The monoisotopic (exact) mass is 312 g/mol. The van der Waals surface area contributed by atoms with Gasteiger partial charge in [0, 0.05) is 4.47 Å². The van der Waals surface area contributed by atoms with E-state index in [0.29, 0.717) is 0 Å². The van der Waals surface area contributed by atoms with Crippen LogP contribution in [0.4, 0.5) is 0 Å². The second-order valence-electron chi connectivity index (χ2n) is 5.77. The van der Waals surface area contributed by atoms with Crippen molar-refractivity contribution in [2.24, 2.45) is 0 Å². The van der Waals surface area contributed by atoms with Gasteiger partial charge in [0.15, 0.2) is 0 Å². The molecule has 0 bridgehead atoms. The molecule has 0 aliphatic heterocycles. The van der Waals surface area contributed by atoms with Gasteiger partial charge in [0.1, 0.15) is 0 Å². The maximum absolute atomic E-state index is 3.63. The fourth-order valence-electron chi connectivity index (χ4n) is 2.77. The highest BCUT2D eigenvalue weighted by Gasteiger charge is 2.24. The molecule has 0 unspecified atom stereocenters. The average Bonchev–Trinajstić information content (AvgIpc) is 2.38. The molecule has 3 rings (SSSR count). The molecule has 0 spiro atoms. The van der Waals surface area contributed by atoms with Crippen LogP contribution in [0.15, 0.2) is 53.0 Å². The third kappa shape index (κ3) is 2.28. The fourth-order valence-corrected chi connectivity index (χ4v) is 3.28. The third-order valence-corrected chi connectivity index (χ3v) is 4.58. The van der Waals surface area contributed by atoms with Crippen LogP contribution in [0.3, 0.4) is 0 Å². The molecule has 0 saturated carbocycles. The van der Waals surface area contributed by atoms with Gasteiger partial charge in [-0.1, -0.05) is 72.3 Å². The number of allylic oxidation sites excluding steroid dienone is 1. The Balaban J connectivity index is 2.14. The van der Waals surface area contributed by atoms with Gasteiger partial charge in [-0.3, -0.25) is 0 Å². The lowest BCUT2D eigenvalue weighted by Crippen LogP contribution is -2.19. The van der Waals surface area contributed by atoms with Gasteiger partial charge in [0.2, 0.25) is 0 Å². The van der Waals surface area contributed by atoms with E-state index in [1.54, 1.807) is 0 Å². The molecule has 1 aliphatic carbocycles.